The van der Waals surface area contributed by atoms with Crippen LogP contribution in [-0.2, 0) is 45.7 Å². The second kappa shape index (κ2) is 20.7. The van der Waals surface area contributed by atoms with Gasteiger partial charge in [-0.1, -0.05) is 78.9 Å². The van der Waals surface area contributed by atoms with Crippen molar-refractivity contribution in [2.24, 2.45) is 0 Å². The maximum absolute atomic E-state index is 12.8. The van der Waals surface area contributed by atoms with E-state index in [1.165, 1.54) is 26.4 Å². The number of hydrogen-bond acceptors (Lipinski definition) is 8. The van der Waals surface area contributed by atoms with E-state index in [0.29, 0.717) is 42.1 Å². The summed E-state index contributed by atoms with van der Waals surface area (Å²) in [6.07, 6.45) is 4.36. The third kappa shape index (κ3) is 13.3. The third-order valence-electron chi connectivity index (χ3n) is 9.08. The van der Waals surface area contributed by atoms with Gasteiger partial charge in [0.05, 0.1) is 35.7 Å². The number of ether oxygens (including phenoxy) is 2. The zero-order valence-corrected chi connectivity index (χ0v) is 34.4. The van der Waals surface area contributed by atoms with Gasteiger partial charge in [0.25, 0.3) is 20.0 Å². The zero-order valence-electron chi connectivity index (χ0n) is 32.8. The summed E-state index contributed by atoms with van der Waals surface area (Å²) in [5, 5.41) is 19.1. The van der Waals surface area contributed by atoms with Crippen LogP contribution in [0.4, 0.5) is 11.4 Å². The van der Waals surface area contributed by atoms with Crippen LogP contribution in [0.15, 0.2) is 156 Å². The fourth-order valence-corrected chi connectivity index (χ4v) is 7.84. The Labute approximate surface area is 349 Å². The topological polar surface area (TPSA) is 185 Å². The molecule has 0 saturated heterocycles. The van der Waals surface area contributed by atoms with E-state index in [1.807, 2.05) is 48.5 Å². The Balaban J connectivity index is 0.000000228. The molecule has 0 saturated carbocycles. The minimum absolute atomic E-state index is 0.0640. The van der Waals surface area contributed by atoms with Crippen molar-refractivity contribution in [3.63, 3.8) is 0 Å². The van der Waals surface area contributed by atoms with Gasteiger partial charge < -0.3 is 19.7 Å². The minimum Gasteiger partial charge on any atom is -0.493 e. The fourth-order valence-electron chi connectivity index (χ4n) is 5.91. The first kappa shape index (κ1) is 44.2. The Morgan fingerprint density at radius 2 is 1.02 bits per heavy atom. The molecule has 0 bridgehead atoms. The number of aryl methyl sites for hydroxylation is 4. The number of carbonyl (C=O) groups is 2. The molecule has 6 aromatic carbocycles. The number of carboxylic acid groups (broad SMARTS) is 2. The fraction of sp³-hybridized carbons (Fsp3) is 0.130. The SMILES string of the molecule is COc1ccc(S(=O)(=O)Nc2cccc(CCc3ccc(C(=O)O)cc3)c2)cc1OC.O=C(O)c1ccc(CCc2cccc(NS(=O)(=O)/C=C/c3ccccc3)c2)cc1. The molecular weight excluding hydrogens is 805 g/mol. The van der Waals surface area contributed by atoms with Crippen molar-refractivity contribution in [1.82, 2.24) is 0 Å². The van der Waals surface area contributed by atoms with E-state index in [9.17, 15) is 26.4 Å². The van der Waals surface area contributed by atoms with Gasteiger partial charge in [0, 0.05) is 17.4 Å². The summed E-state index contributed by atoms with van der Waals surface area (Å²) >= 11 is 0. The summed E-state index contributed by atoms with van der Waals surface area (Å²) in [5.41, 5.74) is 6.22. The van der Waals surface area contributed by atoms with Crippen molar-refractivity contribution < 1.29 is 46.1 Å². The molecule has 0 aliphatic heterocycles. The van der Waals surface area contributed by atoms with Crippen LogP contribution >= 0.6 is 0 Å². The lowest BCUT2D eigenvalue weighted by Crippen LogP contribution is -2.13. The van der Waals surface area contributed by atoms with Crippen LogP contribution in [0.1, 0.15) is 48.5 Å². The van der Waals surface area contributed by atoms with Crippen LogP contribution in [-0.4, -0.2) is 53.2 Å². The Hall–Kier alpha value is -6.90. The molecule has 0 aromatic heterocycles. The number of benzene rings is 6. The van der Waals surface area contributed by atoms with Gasteiger partial charge in [0.2, 0.25) is 0 Å². The monoisotopic (exact) mass is 848 g/mol. The van der Waals surface area contributed by atoms with Gasteiger partial charge in [0.15, 0.2) is 11.5 Å². The predicted octanol–water partition coefficient (Wildman–Crippen LogP) is 8.57. The first-order valence-electron chi connectivity index (χ1n) is 18.6. The Bertz CT molecular complexity index is 2650. The molecular formula is C46H44N2O10S2. The second-order valence-electron chi connectivity index (χ2n) is 13.4. The lowest BCUT2D eigenvalue weighted by Gasteiger charge is -2.12. The molecule has 0 aliphatic rings. The molecule has 60 heavy (non-hydrogen) atoms. The second-order valence-corrected chi connectivity index (χ2v) is 16.6. The first-order valence-corrected chi connectivity index (χ1v) is 21.6. The molecule has 0 atom stereocenters. The van der Waals surface area contributed by atoms with Crippen LogP contribution in [0.2, 0.25) is 0 Å². The van der Waals surface area contributed by atoms with Gasteiger partial charge in [-0.3, -0.25) is 9.44 Å². The molecule has 6 aromatic rings. The number of anilines is 2. The van der Waals surface area contributed by atoms with Gasteiger partial charge in [-0.2, -0.15) is 0 Å². The number of carboxylic acids is 2. The Kier molecular flexibility index (Phi) is 15.2. The number of rotatable bonds is 17. The molecule has 0 aliphatic carbocycles. The van der Waals surface area contributed by atoms with E-state index in [1.54, 1.807) is 91.0 Å². The molecule has 12 nitrogen and oxygen atoms in total. The average Bonchev–Trinajstić information content (AvgIpc) is 3.25. The van der Waals surface area contributed by atoms with Gasteiger partial charge >= 0.3 is 11.9 Å². The highest BCUT2D eigenvalue weighted by Gasteiger charge is 2.18. The summed E-state index contributed by atoms with van der Waals surface area (Å²) in [6, 6.07) is 41.5. The Morgan fingerprint density at radius 1 is 0.533 bits per heavy atom. The molecule has 6 rings (SSSR count). The largest absolute Gasteiger partial charge is 0.493 e. The smallest absolute Gasteiger partial charge is 0.335 e. The van der Waals surface area contributed by atoms with Crippen molar-refractivity contribution in [3.8, 4) is 11.5 Å². The molecule has 0 spiro atoms. The highest BCUT2D eigenvalue weighted by Crippen LogP contribution is 2.30. The number of aromatic carboxylic acids is 2. The van der Waals surface area contributed by atoms with Gasteiger partial charge in [-0.15, -0.1) is 0 Å². The highest BCUT2D eigenvalue weighted by molar-refractivity contribution is 7.95. The van der Waals surface area contributed by atoms with Crippen molar-refractivity contribution in [2.45, 2.75) is 30.6 Å². The maximum atomic E-state index is 12.8. The quantitative estimate of drug-likeness (QED) is 0.0693. The number of sulfonamides is 2. The molecule has 0 unspecified atom stereocenters. The van der Waals surface area contributed by atoms with Crippen molar-refractivity contribution in [1.29, 1.82) is 0 Å². The summed E-state index contributed by atoms with van der Waals surface area (Å²) in [5.74, 6) is -1.13. The van der Waals surface area contributed by atoms with Gasteiger partial charge in [0.1, 0.15) is 0 Å². The lowest BCUT2D eigenvalue weighted by molar-refractivity contribution is 0.0686. The van der Waals surface area contributed by atoms with Crippen LogP contribution in [0.5, 0.6) is 11.5 Å². The van der Waals surface area contributed by atoms with Crippen molar-refractivity contribution in [2.75, 3.05) is 23.7 Å². The standard InChI is InChI=1S/C23H23NO6S.C23H21NO4S/c1-29-21-13-12-20(15-22(21)30-2)31(27,28)24-19-5-3-4-17(14-19)7-6-16-8-10-18(11-9-16)23(25)26;25-23(26)21-13-11-19(12-14-21)9-10-20-7-4-8-22(17-20)24-29(27,28)16-15-18-5-2-1-3-6-18/h3-5,8-15,24H,6-7H2,1-2H3,(H,25,26);1-8,11-17,24H,9-10H2,(H,25,26)/b;16-15+. The number of hydrogen-bond donors (Lipinski definition) is 4. The zero-order chi connectivity index (χ0) is 43.1. The average molecular weight is 849 g/mol. The molecule has 0 radical (unpaired) electrons. The van der Waals surface area contributed by atoms with E-state index in [-0.39, 0.29) is 16.0 Å². The normalized spacial score (nSPS) is 11.2. The summed E-state index contributed by atoms with van der Waals surface area (Å²) in [4.78, 5) is 21.9. The Morgan fingerprint density at radius 3 is 1.50 bits per heavy atom. The van der Waals surface area contributed by atoms with E-state index in [2.05, 4.69) is 9.44 Å². The number of methoxy groups -OCH3 is 2. The summed E-state index contributed by atoms with van der Waals surface area (Å²) in [7, 11) is -4.50. The molecule has 4 N–H and O–H groups in total. The highest BCUT2D eigenvalue weighted by atomic mass is 32.2. The van der Waals surface area contributed by atoms with Crippen molar-refractivity contribution in [3.05, 3.63) is 190 Å². The first-order chi connectivity index (χ1) is 28.7. The summed E-state index contributed by atoms with van der Waals surface area (Å²) < 4.78 is 65.7. The van der Waals surface area contributed by atoms with Crippen LogP contribution in [0.3, 0.4) is 0 Å². The summed E-state index contributed by atoms with van der Waals surface area (Å²) in [6.45, 7) is 0. The van der Waals surface area contributed by atoms with Gasteiger partial charge in [-0.05, 0) is 120 Å². The lowest BCUT2D eigenvalue weighted by atomic mass is 10.0. The van der Waals surface area contributed by atoms with Crippen molar-refractivity contribution >= 4 is 49.4 Å². The number of nitrogens with one attached hydrogen (secondary N) is 2. The molecule has 0 heterocycles. The van der Waals surface area contributed by atoms with Gasteiger partial charge in [-0.25, -0.2) is 26.4 Å². The minimum atomic E-state index is -3.81. The van der Waals surface area contributed by atoms with Crippen LogP contribution in [0.25, 0.3) is 6.08 Å². The molecule has 14 heteroatoms. The van der Waals surface area contributed by atoms with Crippen LogP contribution < -0.4 is 18.9 Å². The third-order valence-corrected chi connectivity index (χ3v) is 11.5. The van der Waals surface area contributed by atoms with E-state index < -0.39 is 32.0 Å². The molecule has 0 fully saturated rings. The van der Waals surface area contributed by atoms with E-state index in [4.69, 9.17) is 19.7 Å². The van der Waals surface area contributed by atoms with Crippen LogP contribution in [0, 0.1) is 0 Å². The van der Waals surface area contributed by atoms with E-state index >= 15 is 0 Å². The predicted molar refractivity (Wildman–Crippen MR) is 233 cm³/mol. The maximum Gasteiger partial charge on any atom is 0.335 e. The molecule has 310 valence electrons. The molecule has 0 amide bonds. The van der Waals surface area contributed by atoms with E-state index in [0.717, 1.165) is 39.6 Å².